The molecule has 1 amide bonds. The minimum absolute atomic E-state index is 0.221. The summed E-state index contributed by atoms with van der Waals surface area (Å²) in [5, 5.41) is 0. The number of rotatable bonds is 7. The summed E-state index contributed by atoms with van der Waals surface area (Å²) in [6, 6.07) is 18.9. The van der Waals surface area contributed by atoms with Crippen LogP contribution in [0.1, 0.15) is 46.5 Å². The van der Waals surface area contributed by atoms with Crippen LogP contribution in [0.5, 0.6) is 0 Å². The van der Waals surface area contributed by atoms with Gasteiger partial charge in [0, 0.05) is 18.2 Å². The number of hydrogen-bond acceptors (Lipinski definition) is 1. The quantitative estimate of drug-likeness (QED) is 0.644. The minimum atomic E-state index is 0.221. The van der Waals surface area contributed by atoms with Crippen LogP contribution in [0.3, 0.4) is 0 Å². The third-order valence-corrected chi connectivity index (χ3v) is 4.11. The van der Waals surface area contributed by atoms with Gasteiger partial charge >= 0.3 is 0 Å². The molecule has 0 saturated carbocycles. The van der Waals surface area contributed by atoms with Gasteiger partial charge in [-0.2, -0.15) is 0 Å². The van der Waals surface area contributed by atoms with E-state index in [1.807, 2.05) is 35.2 Å². The van der Waals surface area contributed by atoms with Crippen LogP contribution in [0.15, 0.2) is 54.6 Å². The van der Waals surface area contributed by atoms with Crippen molar-refractivity contribution in [2.45, 2.75) is 52.5 Å². The summed E-state index contributed by atoms with van der Waals surface area (Å²) in [5.41, 5.74) is 3.34. The number of amides is 1. The van der Waals surface area contributed by atoms with Crippen molar-refractivity contribution in [2.75, 3.05) is 4.90 Å². The molecular formula is C21H27NO. The molecule has 0 bridgehead atoms. The van der Waals surface area contributed by atoms with Gasteiger partial charge in [0.25, 0.3) is 0 Å². The number of benzene rings is 2. The largest absolute Gasteiger partial charge is 0.310 e. The predicted molar refractivity (Wildman–Crippen MR) is 98.6 cm³/mol. The van der Waals surface area contributed by atoms with Crippen LogP contribution in [0.2, 0.25) is 0 Å². The lowest BCUT2D eigenvalue weighted by molar-refractivity contribution is -0.119. The normalized spacial score (nSPS) is 12.0. The predicted octanol–water partition coefficient (Wildman–Crippen LogP) is 5.68. The molecule has 1 unspecified atom stereocenters. The van der Waals surface area contributed by atoms with E-state index in [4.69, 9.17) is 0 Å². The van der Waals surface area contributed by atoms with Gasteiger partial charge in [-0.15, -0.1) is 0 Å². The van der Waals surface area contributed by atoms with E-state index in [0.717, 1.165) is 30.5 Å². The molecule has 1 atom stereocenters. The van der Waals surface area contributed by atoms with E-state index in [2.05, 4.69) is 45.0 Å². The Morgan fingerprint density at radius 1 is 0.957 bits per heavy atom. The first kappa shape index (κ1) is 17.3. The van der Waals surface area contributed by atoms with E-state index in [0.29, 0.717) is 6.42 Å². The Balaban J connectivity index is 2.36. The molecule has 23 heavy (non-hydrogen) atoms. The molecule has 0 fully saturated rings. The van der Waals surface area contributed by atoms with Crippen molar-refractivity contribution in [1.82, 2.24) is 0 Å². The van der Waals surface area contributed by atoms with Gasteiger partial charge in [0.05, 0.1) is 0 Å². The molecule has 2 rings (SSSR count). The number of hydrogen-bond donors (Lipinski definition) is 0. The molecule has 2 heteroatoms. The van der Waals surface area contributed by atoms with Crippen LogP contribution in [0.25, 0.3) is 11.1 Å². The highest BCUT2D eigenvalue weighted by atomic mass is 16.2. The van der Waals surface area contributed by atoms with Crippen molar-refractivity contribution in [3.05, 3.63) is 54.6 Å². The second-order valence-corrected chi connectivity index (χ2v) is 6.07. The minimum Gasteiger partial charge on any atom is -0.310 e. The Morgan fingerprint density at radius 2 is 1.65 bits per heavy atom. The maximum absolute atomic E-state index is 12.6. The standard InChI is InChI=1S/C21H27NO/c1-4-10-17(3)22(21(23)11-5-2)20-15-9-14-19(16-20)18-12-7-6-8-13-18/h6-9,12-17H,4-5,10-11H2,1-3H3. The highest BCUT2D eigenvalue weighted by molar-refractivity contribution is 5.94. The van der Waals surface area contributed by atoms with E-state index in [-0.39, 0.29) is 11.9 Å². The van der Waals surface area contributed by atoms with Crippen LogP contribution in [-0.2, 0) is 4.79 Å². The van der Waals surface area contributed by atoms with Crippen molar-refractivity contribution < 1.29 is 4.79 Å². The first-order valence-corrected chi connectivity index (χ1v) is 8.64. The number of carbonyl (C=O) groups excluding carboxylic acids is 1. The first-order valence-electron chi connectivity index (χ1n) is 8.64. The molecular weight excluding hydrogens is 282 g/mol. The number of carbonyl (C=O) groups is 1. The monoisotopic (exact) mass is 309 g/mol. The molecule has 0 heterocycles. The van der Waals surface area contributed by atoms with Gasteiger partial charge in [0.1, 0.15) is 0 Å². The van der Waals surface area contributed by atoms with Gasteiger partial charge in [-0.1, -0.05) is 62.7 Å². The van der Waals surface area contributed by atoms with E-state index < -0.39 is 0 Å². The van der Waals surface area contributed by atoms with Gasteiger partial charge in [0.2, 0.25) is 5.91 Å². The van der Waals surface area contributed by atoms with E-state index in [1.165, 1.54) is 5.56 Å². The Hall–Kier alpha value is -2.09. The lowest BCUT2D eigenvalue weighted by Gasteiger charge is -2.30. The van der Waals surface area contributed by atoms with E-state index >= 15 is 0 Å². The molecule has 0 radical (unpaired) electrons. The van der Waals surface area contributed by atoms with Crippen LogP contribution in [0.4, 0.5) is 5.69 Å². The van der Waals surface area contributed by atoms with E-state index in [9.17, 15) is 4.79 Å². The first-order chi connectivity index (χ1) is 11.2. The summed E-state index contributed by atoms with van der Waals surface area (Å²) < 4.78 is 0. The van der Waals surface area contributed by atoms with Gasteiger partial charge in [-0.25, -0.2) is 0 Å². The fourth-order valence-corrected chi connectivity index (χ4v) is 2.99. The Labute approximate surface area is 140 Å². The van der Waals surface area contributed by atoms with Crippen molar-refractivity contribution in [2.24, 2.45) is 0 Å². The third kappa shape index (κ3) is 4.44. The topological polar surface area (TPSA) is 20.3 Å². The van der Waals surface area contributed by atoms with Crippen LogP contribution >= 0.6 is 0 Å². The average Bonchev–Trinajstić information content (AvgIpc) is 2.57. The second-order valence-electron chi connectivity index (χ2n) is 6.07. The van der Waals surface area contributed by atoms with Crippen LogP contribution in [0, 0.1) is 0 Å². The van der Waals surface area contributed by atoms with Crippen molar-refractivity contribution in [1.29, 1.82) is 0 Å². The lowest BCUT2D eigenvalue weighted by Crippen LogP contribution is -2.38. The van der Waals surface area contributed by atoms with E-state index in [1.54, 1.807) is 0 Å². The maximum Gasteiger partial charge on any atom is 0.227 e. The molecule has 122 valence electrons. The highest BCUT2D eigenvalue weighted by Gasteiger charge is 2.21. The molecule has 0 N–H and O–H groups in total. The fourth-order valence-electron chi connectivity index (χ4n) is 2.99. The molecule has 0 aliphatic carbocycles. The molecule has 0 spiro atoms. The molecule has 0 saturated heterocycles. The smallest absolute Gasteiger partial charge is 0.227 e. The fraction of sp³-hybridized carbons (Fsp3) is 0.381. The summed E-state index contributed by atoms with van der Waals surface area (Å²) >= 11 is 0. The summed E-state index contributed by atoms with van der Waals surface area (Å²) in [6.45, 7) is 6.37. The third-order valence-electron chi connectivity index (χ3n) is 4.11. The van der Waals surface area contributed by atoms with Gasteiger partial charge in [-0.3, -0.25) is 4.79 Å². The highest BCUT2D eigenvalue weighted by Crippen LogP contribution is 2.27. The molecule has 2 nitrogen and oxygen atoms in total. The van der Waals surface area contributed by atoms with Crippen molar-refractivity contribution in [3.8, 4) is 11.1 Å². The van der Waals surface area contributed by atoms with Gasteiger partial charge in [-0.05, 0) is 43.0 Å². The molecule has 2 aromatic rings. The lowest BCUT2D eigenvalue weighted by atomic mass is 10.0. The Kier molecular flexibility index (Phi) is 6.40. The molecule has 2 aromatic carbocycles. The Morgan fingerprint density at radius 3 is 2.30 bits per heavy atom. The summed E-state index contributed by atoms with van der Waals surface area (Å²) in [5.74, 6) is 0.221. The summed E-state index contributed by atoms with van der Waals surface area (Å²) in [4.78, 5) is 14.6. The summed E-state index contributed by atoms with van der Waals surface area (Å²) in [7, 11) is 0. The number of nitrogens with zero attached hydrogens (tertiary/aromatic N) is 1. The zero-order valence-electron chi connectivity index (χ0n) is 14.5. The Bertz CT molecular complexity index is 621. The number of anilines is 1. The van der Waals surface area contributed by atoms with Crippen LogP contribution < -0.4 is 4.90 Å². The average molecular weight is 309 g/mol. The SMILES string of the molecule is CCCC(=O)N(c1cccc(-c2ccccc2)c1)C(C)CCC. The molecule has 0 aromatic heterocycles. The molecule has 0 aliphatic rings. The van der Waals surface area contributed by atoms with Crippen molar-refractivity contribution in [3.63, 3.8) is 0 Å². The van der Waals surface area contributed by atoms with Gasteiger partial charge < -0.3 is 4.90 Å². The van der Waals surface area contributed by atoms with Crippen LogP contribution in [-0.4, -0.2) is 11.9 Å². The zero-order chi connectivity index (χ0) is 16.7. The van der Waals surface area contributed by atoms with Crippen molar-refractivity contribution >= 4 is 11.6 Å². The second kappa shape index (κ2) is 8.52. The maximum atomic E-state index is 12.6. The summed E-state index contributed by atoms with van der Waals surface area (Å²) in [6.07, 6.45) is 3.58. The van der Waals surface area contributed by atoms with Gasteiger partial charge in [0.15, 0.2) is 0 Å². The molecule has 0 aliphatic heterocycles. The zero-order valence-corrected chi connectivity index (χ0v) is 14.5.